The molecule has 4 aliphatic rings. The van der Waals surface area contributed by atoms with Gasteiger partial charge >= 0.3 is 0 Å². The molecule has 0 radical (unpaired) electrons. The molecule has 184 valence electrons. The molecule has 3 fully saturated rings. The Labute approximate surface area is 195 Å². The molecule has 32 heavy (non-hydrogen) atoms. The minimum atomic E-state index is -3.41. The van der Waals surface area contributed by atoms with E-state index in [9.17, 15) is 8.42 Å². The lowest BCUT2D eigenvalue weighted by atomic mass is 9.76. The van der Waals surface area contributed by atoms with Crippen LogP contribution in [0.2, 0.25) is 0 Å². The summed E-state index contributed by atoms with van der Waals surface area (Å²) in [5, 5.41) is 4.68. The minimum absolute atomic E-state index is 0.0167. The Balaban J connectivity index is 1.56. The minimum Gasteiger partial charge on any atom is -0.379 e. The monoisotopic (exact) mass is 468 g/mol. The Morgan fingerprint density at radius 2 is 1.41 bits per heavy atom. The van der Waals surface area contributed by atoms with Gasteiger partial charge in [-0.3, -0.25) is 0 Å². The van der Waals surface area contributed by atoms with Crippen molar-refractivity contribution in [1.29, 1.82) is 0 Å². The molecule has 3 saturated carbocycles. The molecule has 0 spiro atoms. The molecule has 4 atom stereocenters. The first-order valence-electron chi connectivity index (χ1n) is 13.0. The summed E-state index contributed by atoms with van der Waals surface area (Å²) < 4.78 is 40.7. The summed E-state index contributed by atoms with van der Waals surface area (Å²) in [6.45, 7) is 4.56. The summed E-state index contributed by atoms with van der Waals surface area (Å²) in [7, 11) is 0.0924. The second-order valence-corrected chi connectivity index (χ2v) is 13.2. The maximum absolute atomic E-state index is 13.8. The van der Waals surface area contributed by atoms with Crippen LogP contribution in [-0.2, 0) is 19.5 Å². The van der Waals surface area contributed by atoms with Crippen molar-refractivity contribution in [3.05, 3.63) is 0 Å². The Morgan fingerprint density at radius 1 is 0.812 bits per heavy atom. The lowest BCUT2D eigenvalue weighted by Gasteiger charge is -2.37. The van der Waals surface area contributed by atoms with Gasteiger partial charge in [0.25, 0.3) is 10.0 Å². The number of nitrogens with zero attached hydrogens (tertiary/aromatic N) is 2. The molecule has 7 heteroatoms. The molecular formula is C25H44N2O4S. The van der Waals surface area contributed by atoms with E-state index in [-0.39, 0.29) is 23.5 Å². The van der Waals surface area contributed by atoms with Crippen LogP contribution in [0.1, 0.15) is 90.9 Å². The molecule has 1 aliphatic heterocycles. The van der Waals surface area contributed by atoms with E-state index in [1.54, 1.807) is 18.6 Å². The van der Waals surface area contributed by atoms with Crippen LogP contribution in [-0.4, -0.2) is 56.3 Å². The van der Waals surface area contributed by atoms with Crippen LogP contribution in [0.5, 0.6) is 0 Å². The van der Waals surface area contributed by atoms with Gasteiger partial charge in [-0.2, -0.15) is 9.52 Å². The number of hydrogen-bond donors (Lipinski definition) is 0. The number of hydrogen-bond acceptors (Lipinski definition) is 5. The molecule has 6 nitrogen and oxygen atoms in total. The number of sulfonamides is 1. The predicted octanol–water partition coefficient (Wildman–Crippen LogP) is 4.98. The quantitative estimate of drug-likeness (QED) is 0.551. The summed E-state index contributed by atoms with van der Waals surface area (Å²) in [5.41, 5.74) is 1.10. The van der Waals surface area contributed by atoms with Crippen molar-refractivity contribution in [2.45, 2.75) is 114 Å². The maximum atomic E-state index is 13.8. The van der Waals surface area contributed by atoms with Gasteiger partial charge in [0.1, 0.15) is 0 Å². The zero-order valence-electron chi connectivity index (χ0n) is 20.5. The fourth-order valence-corrected chi connectivity index (χ4v) is 8.66. The predicted molar refractivity (Wildman–Crippen MR) is 128 cm³/mol. The highest BCUT2D eigenvalue weighted by atomic mass is 32.2. The fourth-order valence-electron chi connectivity index (χ4n) is 6.65. The van der Waals surface area contributed by atoms with E-state index >= 15 is 0 Å². The van der Waals surface area contributed by atoms with E-state index in [1.165, 1.54) is 12.8 Å². The molecule has 3 aliphatic carbocycles. The second kappa shape index (κ2) is 10.3. The van der Waals surface area contributed by atoms with Crippen molar-refractivity contribution in [1.82, 2.24) is 4.41 Å². The molecule has 0 saturated heterocycles. The van der Waals surface area contributed by atoms with Gasteiger partial charge in [-0.25, -0.2) is 8.42 Å². The average molecular weight is 469 g/mol. The smallest absolute Gasteiger partial charge is 0.252 e. The van der Waals surface area contributed by atoms with Gasteiger partial charge < -0.3 is 9.47 Å². The second-order valence-electron chi connectivity index (χ2n) is 11.1. The highest BCUT2D eigenvalue weighted by Gasteiger charge is 2.46. The SMILES string of the molecule is COC1CCC(C2=NN(S(=O)(=O)C3CCC(C)CC3)C(C3CCC(C)CC3)C2)CC1OC. The van der Waals surface area contributed by atoms with Crippen molar-refractivity contribution < 1.29 is 17.9 Å². The molecule has 0 N–H and O–H groups in total. The van der Waals surface area contributed by atoms with Gasteiger partial charge in [0.05, 0.1) is 23.5 Å². The highest BCUT2D eigenvalue weighted by Crippen LogP contribution is 2.42. The van der Waals surface area contributed by atoms with Gasteiger partial charge in [0.15, 0.2) is 0 Å². The van der Waals surface area contributed by atoms with Crippen LogP contribution in [0, 0.1) is 23.7 Å². The summed E-state index contributed by atoms with van der Waals surface area (Å²) >= 11 is 0. The first kappa shape index (κ1) is 24.5. The van der Waals surface area contributed by atoms with Gasteiger partial charge in [0.2, 0.25) is 0 Å². The lowest BCUT2D eigenvalue weighted by molar-refractivity contribution is -0.0639. The third kappa shape index (κ3) is 5.05. The van der Waals surface area contributed by atoms with E-state index < -0.39 is 10.0 Å². The third-order valence-corrected chi connectivity index (χ3v) is 11.2. The van der Waals surface area contributed by atoms with Gasteiger partial charge in [-0.15, -0.1) is 0 Å². The molecule has 1 heterocycles. The van der Waals surface area contributed by atoms with E-state index in [4.69, 9.17) is 14.6 Å². The Hall–Kier alpha value is -0.660. The van der Waals surface area contributed by atoms with Crippen LogP contribution in [0.4, 0.5) is 0 Å². The number of ether oxygens (including phenoxy) is 2. The van der Waals surface area contributed by atoms with E-state index in [0.717, 1.165) is 75.8 Å². The summed E-state index contributed by atoms with van der Waals surface area (Å²) in [6, 6.07) is 0.0167. The first-order valence-corrected chi connectivity index (χ1v) is 14.5. The largest absolute Gasteiger partial charge is 0.379 e. The Bertz CT molecular complexity index is 754. The normalized spacial score (nSPS) is 41.5. The van der Waals surface area contributed by atoms with Gasteiger partial charge in [0, 0.05) is 32.3 Å². The zero-order chi connectivity index (χ0) is 22.9. The van der Waals surface area contributed by atoms with Crippen molar-refractivity contribution in [2.75, 3.05) is 14.2 Å². The summed E-state index contributed by atoms with van der Waals surface area (Å²) in [5.74, 6) is 2.11. The molecule has 4 unspecified atom stereocenters. The summed E-state index contributed by atoms with van der Waals surface area (Å²) in [6.07, 6.45) is 12.0. The van der Waals surface area contributed by atoms with Crippen LogP contribution >= 0.6 is 0 Å². The Kier molecular flexibility index (Phi) is 7.88. The van der Waals surface area contributed by atoms with Crippen LogP contribution < -0.4 is 0 Å². The van der Waals surface area contributed by atoms with Gasteiger partial charge in [-0.05, 0) is 75.5 Å². The topological polar surface area (TPSA) is 68.2 Å². The lowest BCUT2D eigenvalue weighted by Crippen LogP contribution is -2.44. The van der Waals surface area contributed by atoms with E-state index in [2.05, 4.69) is 13.8 Å². The maximum Gasteiger partial charge on any atom is 0.252 e. The number of rotatable bonds is 6. The highest BCUT2D eigenvalue weighted by molar-refractivity contribution is 7.89. The average Bonchev–Trinajstić information content (AvgIpc) is 3.26. The van der Waals surface area contributed by atoms with Crippen molar-refractivity contribution in [2.24, 2.45) is 28.8 Å². The van der Waals surface area contributed by atoms with Crippen molar-refractivity contribution >= 4 is 15.7 Å². The van der Waals surface area contributed by atoms with Crippen molar-refractivity contribution in [3.63, 3.8) is 0 Å². The molecule has 4 rings (SSSR count). The summed E-state index contributed by atoms with van der Waals surface area (Å²) in [4.78, 5) is 0. The molecule has 0 amide bonds. The zero-order valence-corrected chi connectivity index (χ0v) is 21.4. The fraction of sp³-hybridized carbons (Fsp3) is 0.960. The van der Waals surface area contributed by atoms with Gasteiger partial charge in [-0.1, -0.05) is 26.7 Å². The number of hydrazone groups is 1. The third-order valence-electron chi connectivity index (χ3n) is 8.99. The first-order chi connectivity index (χ1) is 15.3. The van der Waals surface area contributed by atoms with E-state index in [1.807, 2.05) is 0 Å². The molecular weight excluding hydrogens is 424 g/mol. The molecule has 0 aromatic heterocycles. The standard InChI is InChI=1S/C25H44N2O4S/c1-17-5-9-19(10-6-17)23-16-22(20-11-14-24(30-3)25(15-20)31-4)26-27(23)32(28,29)21-12-7-18(2)8-13-21/h17-21,23-25H,5-16H2,1-4H3. The molecule has 0 bridgehead atoms. The van der Waals surface area contributed by atoms with Crippen LogP contribution in [0.25, 0.3) is 0 Å². The number of methoxy groups -OCH3 is 2. The Morgan fingerprint density at radius 3 is 2.00 bits per heavy atom. The van der Waals surface area contributed by atoms with E-state index in [0.29, 0.717) is 17.8 Å². The van der Waals surface area contributed by atoms with Crippen molar-refractivity contribution in [3.8, 4) is 0 Å². The molecule has 0 aromatic rings. The molecule has 0 aromatic carbocycles. The van der Waals surface area contributed by atoms with Crippen LogP contribution in [0.15, 0.2) is 5.10 Å². The van der Waals surface area contributed by atoms with Crippen LogP contribution in [0.3, 0.4) is 0 Å².